The molecule has 1 aliphatic heterocycles. The Morgan fingerprint density at radius 3 is 2.75 bits per heavy atom. The molecule has 3 nitrogen and oxygen atoms in total. The predicted octanol–water partition coefficient (Wildman–Crippen LogP) is 3.03. The van der Waals surface area contributed by atoms with Crippen molar-refractivity contribution in [1.29, 1.82) is 0 Å². The number of benzene rings is 2. The van der Waals surface area contributed by atoms with E-state index in [1.54, 1.807) is 7.11 Å². The van der Waals surface area contributed by atoms with Crippen LogP contribution in [0.4, 0.5) is 0 Å². The molecule has 1 saturated heterocycles. The number of piperidine rings is 1. The molecule has 3 rings (SSSR count). The molecule has 1 N–H and O–H groups in total. The fraction of sp³-hybridized carbons (Fsp3) is 0.353. The Balaban J connectivity index is 1.90. The van der Waals surface area contributed by atoms with E-state index >= 15 is 0 Å². The summed E-state index contributed by atoms with van der Waals surface area (Å²) in [5.41, 5.74) is 0.816. The van der Waals surface area contributed by atoms with Crippen LogP contribution in [0.15, 0.2) is 36.4 Å². The van der Waals surface area contributed by atoms with Crippen molar-refractivity contribution in [1.82, 2.24) is 5.32 Å². The highest BCUT2D eigenvalue weighted by atomic mass is 16.5. The van der Waals surface area contributed by atoms with Gasteiger partial charge in [0.1, 0.15) is 5.75 Å². The summed E-state index contributed by atoms with van der Waals surface area (Å²) in [6, 6.07) is 11.8. The monoisotopic (exact) mass is 269 g/mol. The Morgan fingerprint density at radius 2 is 2.00 bits per heavy atom. The Hall–Kier alpha value is -1.87. The second kappa shape index (κ2) is 5.63. The zero-order valence-electron chi connectivity index (χ0n) is 11.7. The summed E-state index contributed by atoms with van der Waals surface area (Å²) in [6.07, 6.45) is 2.08. The molecule has 1 atom stereocenters. The number of hydrogen-bond acceptors (Lipinski definition) is 3. The smallest absolute Gasteiger partial charge is 0.167 e. The second-order valence-electron chi connectivity index (χ2n) is 5.34. The molecule has 2 aromatic carbocycles. The summed E-state index contributed by atoms with van der Waals surface area (Å²) in [6.45, 7) is 1.83. The molecule has 0 aliphatic carbocycles. The van der Waals surface area contributed by atoms with Gasteiger partial charge in [-0.15, -0.1) is 0 Å². The zero-order valence-corrected chi connectivity index (χ0v) is 11.7. The van der Waals surface area contributed by atoms with Gasteiger partial charge in [0.05, 0.1) is 7.11 Å². The quantitative estimate of drug-likeness (QED) is 0.870. The van der Waals surface area contributed by atoms with Crippen molar-refractivity contribution < 1.29 is 9.53 Å². The second-order valence-corrected chi connectivity index (χ2v) is 5.34. The molecular weight excluding hydrogens is 250 g/mol. The van der Waals surface area contributed by atoms with Gasteiger partial charge >= 0.3 is 0 Å². The number of hydrogen-bond donors (Lipinski definition) is 1. The Labute approximate surface area is 118 Å². The van der Waals surface area contributed by atoms with E-state index in [1.165, 1.54) is 0 Å². The topological polar surface area (TPSA) is 38.3 Å². The number of carbonyl (C=O) groups is 1. The summed E-state index contributed by atoms with van der Waals surface area (Å²) in [7, 11) is 1.66. The molecule has 3 heteroatoms. The van der Waals surface area contributed by atoms with Gasteiger partial charge in [-0.2, -0.15) is 0 Å². The van der Waals surface area contributed by atoms with Crippen molar-refractivity contribution >= 4 is 16.6 Å². The molecule has 0 aromatic heterocycles. The maximum absolute atomic E-state index is 12.5. The van der Waals surface area contributed by atoms with E-state index in [0.717, 1.165) is 48.0 Å². The number of Topliss-reactive ketones (excluding diaryl/α,β-unsaturated/α-hetero) is 1. The van der Waals surface area contributed by atoms with Gasteiger partial charge < -0.3 is 10.1 Å². The number of fused-ring (bicyclic) bond motifs is 1. The number of ketones is 1. The lowest BCUT2D eigenvalue weighted by Crippen LogP contribution is -2.34. The highest BCUT2D eigenvalue weighted by Crippen LogP contribution is 2.24. The molecule has 0 bridgehead atoms. The lowest BCUT2D eigenvalue weighted by atomic mass is 9.90. The summed E-state index contributed by atoms with van der Waals surface area (Å²) in [4.78, 5) is 12.5. The molecule has 2 aromatic rings. The van der Waals surface area contributed by atoms with Gasteiger partial charge in [0.15, 0.2) is 5.78 Å². The van der Waals surface area contributed by atoms with Gasteiger partial charge in [-0.25, -0.2) is 0 Å². The average molecular weight is 269 g/mol. The Bertz CT molecular complexity index is 630. The van der Waals surface area contributed by atoms with E-state index in [4.69, 9.17) is 4.74 Å². The number of rotatable bonds is 3. The maximum Gasteiger partial charge on any atom is 0.167 e. The molecule has 104 valence electrons. The van der Waals surface area contributed by atoms with Crippen LogP contribution in [-0.2, 0) is 0 Å². The first kappa shape index (κ1) is 13.1. The summed E-state index contributed by atoms with van der Waals surface area (Å²) in [5.74, 6) is 1.22. The molecule has 0 spiro atoms. The molecule has 1 unspecified atom stereocenters. The molecule has 1 fully saturated rings. The van der Waals surface area contributed by atoms with Gasteiger partial charge in [0, 0.05) is 18.0 Å². The van der Waals surface area contributed by atoms with Crippen molar-refractivity contribution in [2.24, 2.45) is 5.92 Å². The first-order valence-electron chi connectivity index (χ1n) is 7.10. The van der Waals surface area contributed by atoms with Gasteiger partial charge in [-0.3, -0.25) is 4.79 Å². The van der Waals surface area contributed by atoms with Crippen LogP contribution in [0.2, 0.25) is 0 Å². The normalized spacial score (nSPS) is 18.9. The van der Waals surface area contributed by atoms with E-state index in [9.17, 15) is 4.79 Å². The van der Waals surface area contributed by atoms with E-state index in [1.807, 2.05) is 36.4 Å². The Kier molecular flexibility index (Phi) is 3.70. The van der Waals surface area contributed by atoms with Crippen LogP contribution in [0, 0.1) is 5.92 Å². The van der Waals surface area contributed by atoms with E-state index < -0.39 is 0 Å². The molecule has 20 heavy (non-hydrogen) atoms. The minimum absolute atomic E-state index is 0.124. The third-order valence-electron chi connectivity index (χ3n) is 4.00. The Morgan fingerprint density at radius 1 is 1.20 bits per heavy atom. The van der Waals surface area contributed by atoms with E-state index in [0.29, 0.717) is 0 Å². The largest absolute Gasteiger partial charge is 0.497 e. The van der Waals surface area contributed by atoms with Crippen LogP contribution < -0.4 is 10.1 Å². The van der Waals surface area contributed by atoms with Crippen LogP contribution in [0.5, 0.6) is 5.75 Å². The minimum atomic E-state index is 0.124. The van der Waals surface area contributed by atoms with Crippen molar-refractivity contribution in [2.75, 3.05) is 20.2 Å². The predicted molar refractivity (Wildman–Crippen MR) is 80.4 cm³/mol. The third-order valence-corrected chi connectivity index (χ3v) is 4.00. The van der Waals surface area contributed by atoms with Gasteiger partial charge in [-0.1, -0.05) is 18.2 Å². The van der Waals surface area contributed by atoms with Crippen LogP contribution in [-0.4, -0.2) is 26.0 Å². The number of ether oxygens (including phenoxy) is 1. The lowest BCUT2D eigenvalue weighted by molar-refractivity contribution is 0.0900. The highest BCUT2D eigenvalue weighted by Gasteiger charge is 2.22. The fourth-order valence-corrected chi connectivity index (χ4v) is 2.82. The van der Waals surface area contributed by atoms with Crippen molar-refractivity contribution in [3.05, 3.63) is 42.0 Å². The standard InChI is InChI=1S/C17H19NO2/c1-20-16-7-6-12-9-14(5-4-13(12)10-16)17(19)15-3-2-8-18-11-15/h4-7,9-10,15,18H,2-3,8,11H2,1H3. The van der Waals surface area contributed by atoms with Crippen molar-refractivity contribution in [2.45, 2.75) is 12.8 Å². The third kappa shape index (κ3) is 2.54. The first-order chi connectivity index (χ1) is 9.78. The van der Waals surface area contributed by atoms with Gasteiger partial charge in [-0.05, 0) is 48.4 Å². The summed E-state index contributed by atoms with van der Waals surface area (Å²) < 4.78 is 5.22. The molecule has 0 amide bonds. The lowest BCUT2D eigenvalue weighted by Gasteiger charge is -2.21. The fourth-order valence-electron chi connectivity index (χ4n) is 2.82. The minimum Gasteiger partial charge on any atom is -0.497 e. The van der Waals surface area contributed by atoms with Gasteiger partial charge in [0.25, 0.3) is 0 Å². The molecule has 1 aliphatic rings. The zero-order chi connectivity index (χ0) is 13.9. The highest BCUT2D eigenvalue weighted by molar-refractivity contribution is 6.01. The van der Waals surface area contributed by atoms with E-state index in [2.05, 4.69) is 5.32 Å². The van der Waals surface area contributed by atoms with Crippen LogP contribution in [0.25, 0.3) is 10.8 Å². The van der Waals surface area contributed by atoms with Gasteiger partial charge in [0.2, 0.25) is 0 Å². The summed E-state index contributed by atoms with van der Waals surface area (Å²) >= 11 is 0. The molecular formula is C17H19NO2. The van der Waals surface area contributed by atoms with E-state index in [-0.39, 0.29) is 11.7 Å². The number of carbonyl (C=O) groups excluding carboxylic acids is 1. The number of nitrogens with one attached hydrogen (secondary N) is 1. The number of methoxy groups -OCH3 is 1. The average Bonchev–Trinajstić information content (AvgIpc) is 2.54. The molecule has 0 saturated carbocycles. The van der Waals surface area contributed by atoms with Crippen LogP contribution in [0.3, 0.4) is 0 Å². The van der Waals surface area contributed by atoms with Crippen molar-refractivity contribution in [3.63, 3.8) is 0 Å². The van der Waals surface area contributed by atoms with Crippen molar-refractivity contribution in [3.8, 4) is 5.75 Å². The van der Waals surface area contributed by atoms with Crippen LogP contribution >= 0.6 is 0 Å². The molecule has 1 heterocycles. The first-order valence-corrected chi connectivity index (χ1v) is 7.10. The maximum atomic E-state index is 12.5. The summed E-state index contributed by atoms with van der Waals surface area (Å²) in [5, 5.41) is 5.48. The molecule has 0 radical (unpaired) electrons. The van der Waals surface area contributed by atoms with Crippen LogP contribution in [0.1, 0.15) is 23.2 Å². The SMILES string of the molecule is COc1ccc2cc(C(=O)C3CCCNC3)ccc2c1.